The van der Waals surface area contributed by atoms with Gasteiger partial charge in [-0.1, -0.05) is 331 Å². The van der Waals surface area contributed by atoms with Gasteiger partial charge in [0.1, 0.15) is 19.3 Å². The third-order valence-electron chi connectivity index (χ3n) is 17.4. The van der Waals surface area contributed by atoms with Gasteiger partial charge in [-0.05, 0) is 43.4 Å². The van der Waals surface area contributed by atoms with Crippen LogP contribution in [0.15, 0.2) is 0 Å². The molecule has 0 amide bonds. The highest BCUT2D eigenvalue weighted by Gasteiger charge is 2.30. The lowest BCUT2D eigenvalue weighted by Crippen LogP contribution is -2.30. The molecule has 0 heterocycles. The molecule has 19 heteroatoms. The molecule has 0 rings (SSSR count). The minimum Gasteiger partial charge on any atom is -0.462 e. The first-order valence-electron chi connectivity index (χ1n) is 38.8. The highest BCUT2D eigenvalue weighted by molar-refractivity contribution is 7.47. The summed E-state index contributed by atoms with van der Waals surface area (Å²) in [5.74, 6) is 0.0954. The lowest BCUT2D eigenvalue weighted by molar-refractivity contribution is -0.161. The van der Waals surface area contributed by atoms with Crippen molar-refractivity contribution in [3.8, 4) is 0 Å². The Morgan fingerprint density at radius 2 is 0.489 bits per heavy atom. The molecule has 0 aromatic heterocycles. The molecule has 2 unspecified atom stereocenters. The first kappa shape index (κ1) is 92.1. The van der Waals surface area contributed by atoms with E-state index in [4.69, 9.17) is 37.0 Å². The van der Waals surface area contributed by atoms with Crippen molar-refractivity contribution in [1.29, 1.82) is 0 Å². The Hall–Kier alpha value is -1.94. The molecule has 94 heavy (non-hydrogen) atoms. The van der Waals surface area contributed by atoms with E-state index in [2.05, 4.69) is 48.5 Å². The zero-order chi connectivity index (χ0) is 69.4. The highest BCUT2D eigenvalue weighted by Crippen LogP contribution is 2.45. The van der Waals surface area contributed by atoms with E-state index in [1.165, 1.54) is 186 Å². The number of unbranched alkanes of at least 4 members (excludes halogenated alkanes) is 41. The van der Waals surface area contributed by atoms with Crippen LogP contribution in [-0.4, -0.2) is 96.7 Å². The minimum atomic E-state index is -4.96. The predicted octanol–water partition coefficient (Wildman–Crippen LogP) is 21.8. The van der Waals surface area contributed by atoms with E-state index in [0.717, 1.165) is 108 Å². The van der Waals surface area contributed by atoms with E-state index < -0.39 is 97.5 Å². The molecule has 0 spiro atoms. The molecule has 0 aliphatic carbocycles. The number of aliphatic hydroxyl groups excluding tert-OH is 1. The van der Waals surface area contributed by atoms with Crippen LogP contribution < -0.4 is 0 Å². The maximum Gasteiger partial charge on any atom is 0.472 e. The van der Waals surface area contributed by atoms with Crippen LogP contribution in [0.2, 0.25) is 0 Å². The summed E-state index contributed by atoms with van der Waals surface area (Å²) in [6, 6.07) is 0. The second-order valence-corrected chi connectivity index (χ2v) is 31.4. The monoisotopic (exact) mass is 1380 g/mol. The molecule has 558 valence electrons. The fourth-order valence-electron chi connectivity index (χ4n) is 11.4. The van der Waals surface area contributed by atoms with Crippen molar-refractivity contribution in [3.05, 3.63) is 0 Å². The summed E-state index contributed by atoms with van der Waals surface area (Å²) in [6.07, 6.45) is 51.5. The standard InChI is InChI=1S/C75H146O17P2/c1-8-9-10-11-12-13-14-15-16-17-18-19-24-30-35-44-51-58-74(79)91-70(62-85-72(77)56-49-42-34-29-25-20-22-27-32-39-46-53-66(2)3)64-89-93(81,82)87-60-69(76)61-88-94(83,84)90-65-71(63-86-73(78)57-50-43-38-37-41-48-55-68(6)7)92-75(80)59-52-45-36-31-26-21-23-28-33-40-47-54-67(4)5/h66-71,76H,8-65H2,1-7H3,(H,81,82)(H,83,84)/t69-,70-,71-/m1/s1. The summed E-state index contributed by atoms with van der Waals surface area (Å²) in [7, 11) is -9.91. The lowest BCUT2D eigenvalue weighted by Gasteiger charge is -2.21. The minimum absolute atomic E-state index is 0.105. The van der Waals surface area contributed by atoms with E-state index in [0.29, 0.717) is 31.6 Å². The molecular weight excluding hydrogens is 1230 g/mol. The molecule has 0 fully saturated rings. The highest BCUT2D eigenvalue weighted by atomic mass is 31.2. The van der Waals surface area contributed by atoms with Gasteiger partial charge in [-0.25, -0.2) is 9.13 Å². The van der Waals surface area contributed by atoms with Crippen LogP contribution in [0.3, 0.4) is 0 Å². The number of carbonyl (C=O) groups excluding carboxylic acids is 4. The van der Waals surface area contributed by atoms with Crippen molar-refractivity contribution in [2.45, 2.75) is 401 Å². The first-order valence-corrected chi connectivity index (χ1v) is 41.8. The first-order chi connectivity index (χ1) is 45.2. The average Bonchev–Trinajstić information content (AvgIpc) is 3.53. The van der Waals surface area contributed by atoms with Crippen molar-refractivity contribution in [3.63, 3.8) is 0 Å². The Morgan fingerprint density at radius 3 is 0.723 bits per heavy atom. The van der Waals surface area contributed by atoms with Crippen molar-refractivity contribution < 1.29 is 80.2 Å². The van der Waals surface area contributed by atoms with Gasteiger partial charge < -0.3 is 33.8 Å². The number of phosphoric acid groups is 2. The van der Waals surface area contributed by atoms with E-state index in [1.54, 1.807) is 0 Å². The summed E-state index contributed by atoms with van der Waals surface area (Å²) < 4.78 is 68.5. The van der Waals surface area contributed by atoms with Gasteiger partial charge >= 0.3 is 39.5 Å². The van der Waals surface area contributed by atoms with Crippen LogP contribution in [-0.2, 0) is 65.4 Å². The average molecular weight is 1380 g/mol. The van der Waals surface area contributed by atoms with Crippen LogP contribution in [0.4, 0.5) is 0 Å². The van der Waals surface area contributed by atoms with E-state index in [1.807, 2.05) is 0 Å². The summed E-state index contributed by atoms with van der Waals surface area (Å²) in [4.78, 5) is 72.7. The Bertz CT molecular complexity index is 1840. The quantitative estimate of drug-likeness (QED) is 0.0222. The van der Waals surface area contributed by atoms with Gasteiger partial charge in [0.15, 0.2) is 12.2 Å². The number of hydrogen-bond donors (Lipinski definition) is 3. The fourth-order valence-corrected chi connectivity index (χ4v) is 13.0. The molecule has 0 saturated carbocycles. The number of hydrogen-bond acceptors (Lipinski definition) is 15. The van der Waals surface area contributed by atoms with Crippen molar-refractivity contribution in [2.24, 2.45) is 17.8 Å². The zero-order valence-corrected chi connectivity index (χ0v) is 63.2. The van der Waals surface area contributed by atoms with E-state index in [9.17, 15) is 43.2 Å². The smallest absolute Gasteiger partial charge is 0.462 e. The van der Waals surface area contributed by atoms with Gasteiger partial charge in [0.2, 0.25) is 0 Å². The van der Waals surface area contributed by atoms with Crippen LogP contribution >= 0.6 is 15.6 Å². The molecule has 0 aliphatic rings. The van der Waals surface area contributed by atoms with Gasteiger partial charge in [0.25, 0.3) is 0 Å². The van der Waals surface area contributed by atoms with Crippen molar-refractivity contribution in [2.75, 3.05) is 39.6 Å². The number of rotatable bonds is 73. The van der Waals surface area contributed by atoms with Crippen LogP contribution in [0.1, 0.15) is 382 Å². The van der Waals surface area contributed by atoms with Gasteiger partial charge in [-0.2, -0.15) is 0 Å². The van der Waals surface area contributed by atoms with E-state index >= 15 is 0 Å². The molecule has 0 radical (unpaired) electrons. The second-order valence-electron chi connectivity index (χ2n) is 28.5. The predicted molar refractivity (Wildman–Crippen MR) is 381 cm³/mol. The molecule has 0 saturated heterocycles. The number of ether oxygens (including phenoxy) is 4. The van der Waals surface area contributed by atoms with Crippen LogP contribution in [0.5, 0.6) is 0 Å². The molecule has 3 N–H and O–H groups in total. The third-order valence-corrected chi connectivity index (χ3v) is 19.3. The Morgan fingerprint density at radius 1 is 0.287 bits per heavy atom. The zero-order valence-electron chi connectivity index (χ0n) is 61.4. The number of phosphoric ester groups is 2. The second kappa shape index (κ2) is 65.7. The Labute approximate surface area is 575 Å². The van der Waals surface area contributed by atoms with E-state index in [-0.39, 0.29) is 25.7 Å². The van der Waals surface area contributed by atoms with Crippen molar-refractivity contribution >= 4 is 39.5 Å². The largest absolute Gasteiger partial charge is 0.472 e. The molecule has 17 nitrogen and oxygen atoms in total. The fraction of sp³-hybridized carbons (Fsp3) is 0.947. The molecule has 0 aliphatic heterocycles. The lowest BCUT2D eigenvalue weighted by atomic mass is 10.0. The number of aliphatic hydroxyl groups is 1. The van der Waals surface area contributed by atoms with Gasteiger partial charge in [0, 0.05) is 25.7 Å². The maximum absolute atomic E-state index is 13.1. The molecule has 0 bridgehead atoms. The number of carbonyl (C=O) groups is 4. The summed E-state index contributed by atoms with van der Waals surface area (Å²) in [5, 5.41) is 10.6. The summed E-state index contributed by atoms with van der Waals surface area (Å²) >= 11 is 0. The summed E-state index contributed by atoms with van der Waals surface area (Å²) in [6.45, 7) is 11.8. The molecule has 5 atom stereocenters. The van der Waals surface area contributed by atoms with Gasteiger partial charge in [0.05, 0.1) is 26.4 Å². The SMILES string of the molecule is CCCCCCCCCCCCCCCCCCCC(=O)O[C@H](COC(=O)CCCCCCCCCCCCCC(C)C)COP(=O)(O)OC[C@@H](O)COP(=O)(O)OC[C@@H](COC(=O)CCCCCCCCC(C)C)OC(=O)CCCCCCCCCCCCCC(C)C. The Balaban J connectivity index is 5.24. The van der Waals surface area contributed by atoms with Crippen LogP contribution in [0, 0.1) is 17.8 Å². The third kappa shape index (κ3) is 68.6. The molecule has 0 aromatic rings. The van der Waals surface area contributed by atoms with Crippen molar-refractivity contribution in [1.82, 2.24) is 0 Å². The Kier molecular flexibility index (Phi) is 64.3. The summed E-state index contributed by atoms with van der Waals surface area (Å²) in [5.41, 5.74) is 0. The normalized spacial score (nSPS) is 14.1. The molecule has 0 aromatic carbocycles. The van der Waals surface area contributed by atoms with Gasteiger partial charge in [-0.15, -0.1) is 0 Å². The number of esters is 4. The molecular formula is C75H146O17P2. The topological polar surface area (TPSA) is 237 Å². The maximum atomic E-state index is 13.1. The van der Waals surface area contributed by atoms with Gasteiger partial charge in [-0.3, -0.25) is 37.3 Å². The van der Waals surface area contributed by atoms with Crippen LogP contribution in [0.25, 0.3) is 0 Å².